The summed E-state index contributed by atoms with van der Waals surface area (Å²) in [7, 11) is 0. The van der Waals surface area contributed by atoms with E-state index in [2.05, 4.69) is 41.2 Å². The van der Waals surface area contributed by atoms with Crippen molar-refractivity contribution in [1.29, 1.82) is 0 Å². The molecule has 3 aromatic rings. The third-order valence-electron chi connectivity index (χ3n) is 5.25. The molecule has 1 aliphatic heterocycles. The number of amides is 1. The molecule has 5 nitrogen and oxygen atoms in total. The molecule has 0 aliphatic carbocycles. The summed E-state index contributed by atoms with van der Waals surface area (Å²) in [5.41, 5.74) is 2.07. The number of hydrogen-bond donors (Lipinski definition) is 1. The SMILES string of the molecule is CSc1nc(N2CCCCC2)c2cc(C(=O)Nc3ccc(C(C)C)cc3)sc2n1. The van der Waals surface area contributed by atoms with Crippen molar-refractivity contribution in [1.82, 2.24) is 9.97 Å². The van der Waals surface area contributed by atoms with Crippen molar-refractivity contribution < 1.29 is 4.79 Å². The van der Waals surface area contributed by atoms with Crippen LogP contribution in [0.3, 0.4) is 0 Å². The number of benzene rings is 1. The van der Waals surface area contributed by atoms with Crippen molar-refractivity contribution in [3.63, 3.8) is 0 Å². The number of nitrogens with one attached hydrogen (secondary N) is 1. The first-order chi connectivity index (χ1) is 14.0. The zero-order chi connectivity index (χ0) is 20.4. The van der Waals surface area contributed by atoms with E-state index in [1.807, 2.05) is 24.5 Å². The maximum atomic E-state index is 12.9. The van der Waals surface area contributed by atoms with Crippen LogP contribution in [-0.4, -0.2) is 35.2 Å². The molecule has 29 heavy (non-hydrogen) atoms. The summed E-state index contributed by atoms with van der Waals surface area (Å²) < 4.78 is 0. The average molecular weight is 427 g/mol. The lowest BCUT2D eigenvalue weighted by molar-refractivity contribution is 0.103. The first-order valence-corrected chi connectivity index (χ1v) is 12.1. The van der Waals surface area contributed by atoms with Gasteiger partial charge in [0.2, 0.25) is 0 Å². The normalized spacial score (nSPS) is 14.6. The van der Waals surface area contributed by atoms with Crippen molar-refractivity contribution in [2.24, 2.45) is 0 Å². The third-order valence-corrected chi connectivity index (χ3v) is 6.82. The number of fused-ring (bicyclic) bond motifs is 1. The maximum absolute atomic E-state index is 12.9. The Morgan fingerprint density at radius 1 is 1.14 bits per heavy atom. The molecule has 1 N–H and O–H groups in total. The highest BCUT2D eigenvalue weighted by molar-refractivity contribution is 7.98. The van der Waals surface area contributed by atoms with Gasteiger partial charge in [0.15, 0.2) is 5.16 Å². The molecule has 0 spiro atoms. The van der Waals surface area contributed by atoms with Gasteiger partial charge in [-0.15, -0.1) is 11.3 Å². The van der Waals surface area contributed by atoms with E-state index in [1.54, 1.807) is 11.8 Å². The average Bonchev–Trinajstić information content (AvgIpc) is 3.18. The first-order valence-electron chi connectivity index (χ1n) is 10.1. The molecule has 152 valence electrons. The second-order valence-electron chi connectivity index (χ2n) is 7.64. The molecule has 0 saturated carbocycles. The van der Waals surface area contributed by atoms with Gasteiger partial charge in [0.1, 0.15) is 10.6 Å². The van der Waals surface area contributed by atoms with Gasteiger partial charge in [-0.25, -0.2) is 9.97 Å². The Morgan fingerprint density at radius 3 is 2.52 bits per heavy atom. The molecule has 0 atom stereocenters. The highest BCUT2D eigenvalue weighted by Crippen LogP contribution is 2.34. The smallest absolute Gasteiger partial charge is 0.265 e. The molecule has 0 unspecified atom stereocenters. The molecule has 7 heteroatoms. The number of anilines is 2. The Bertz CT molecular complexity index is 1010. The number of aromatic nitrogens is 2. The number of nitrogens with zero attached hydrogens (tertiary/aromatic N) is 3. The lowest BCUT2D eigenvalue weighted by Gasteiger charge is -2.28. The van der Waals surface area contributed by atoms with E-state index in [-0.39, 0.29) is 5.91 Å². The summed E-state index contributed by atoms with van der Waals surface area (Å²) in [5.74, 6) is 1.34. The van der Waals surface area contributed by atoms with E-state index in [9.17, 15) is 4.79 Å². The summed E-state index contributed by atoms with van der Waals surface area (Å²) in [6.45, 7) is 6.35. The van der Waals surface area contributed by atoms with Crippen molar-refractivity contribution >= 4 is 50.7 Å². The van der Waals surface area contributed by atoms with Gasteiger partial charge in [-0.2, -0.15) is 0 Å². The van der Waals surface area contributed by atoms with Gasteiger partial charge in [0.05, 0.1) is 10.3 Å². The van der Waals surface area contributed by atoms with Crippen molar-refractivity contribution in [2.75, 3.05) is 29.6 Å². The van der Waals surface area contributed by atoms with Gasteiger partial charge < -0.3 is 10.2 Å². The summed E-state index contributed by atoms with van der Waals surface area (Å²) >= 11 is 2.98. The summed E-state index contributed by atoms with van der Waals surface area (Å²) in [4.78, 5) is 26.2. The molecule has 1 saturated heterocycles. The first kappa shape index (κ1) is 20.2. The number of carbonyl (C=O) groups excluding carboxylic acids is 1. The molecule has 1 aliphatic rings. The molecule has 0 bridgehead atoms. The van der Waals surface area contributed by atoms with Crippen LogP contribution in [0.2, 0.25) is 0 Å². The maximum Gasteiger partial charge on any atom is 0.265 e. The Morgan fingerprint density at radius 2 is 1.86 bits per heavy atom. The van der Waals surface area contributed by atoms with Crippen molar-refractivity contribution in [3.05, 3.63) is 40.8 Å². The Labute approximate surface area is 179 Å². The minimum atomic E-state index is -0.0967. The molecule has 3 heterocycles. The second-order valence-corrected chi connectivity index (χ2v) is 9.45. The van der Waals surface area contributed by atoms with Crippen LogP contribution in [0, 0.1) is 0 Å². The number of piperidine rings is 1. The third kappa shape index (κ3) is 4.41. The predicted octanol–water partition coefficient (Wildman–Crippen LogP) is 5.78. The van der Waals surface area contributed by atoms with Gasteiger partial charge in [0.25, 0.3) is 5.91 Å². The van der Waals surface area contributed by atoms with Gasteiger partial charge in [-0.05, 0) is 55.2 Å². The van der Waals surface area contributed by atoms with Crippen LogP contribution in [0.5, 0.6) is 0 Å². The summed E-state index contributed by atoms with van der Waals surface area (Å²) in [6, 6.07) is 10.0. The zero-order valence-corrected chi connectivity index (χ0v) is 18.7. The molecule has 2 aromatic heterocycles. The standard InChI is InChI=1S/C22H26N4OS2/c1-14(2)15-7-9-16(10-8-15)23-20(27)18-13-17-19(26-11-5-4-6-12-26)24-22(28-3)25-21(17)29-18/h7-10,13-14H,4-6,11-12H2,1-3H3,(H,23,27). The molecule has 1 aromatic carbocycles. The number of thiophene rings is 1. The van der Waals surface area contributed by atoms with E-state index >= 15 is 0 Å². The fourth-order valence-corrected chi connectivity index (χ4v) is 4.92. The van der Waals surface area contributed by atoms with Crippen LogP contribution >= 0.6 is 23.1 Å². The van der Waals surface area contributed by atoms with Gasteiger partial charge >= 0.3 is 0 Å². The van der Waals surface area contributed by atoms with E-state index < -0.39 is 0 Å². The number of rotatable bonds is 5. The molecule has 1 fully saturated rings. The van der Waals surface area contributed by atoms with Crippen LogP contribution in [0.15, 0.2) is 35.5 Å². The monoisotopic (exact) mass is 426 g/mol. The molecular weight excluding hydrogens is 400 g/mol. The van der Waals surface area contributed by atoms with Crippen LogP contribution in [-0.2, 0) is 0 Å². The highest BCUT2D eigenvalue weighted by atomic mass is 32.2. The molecule has 0 radical (unpaired) electrons. The Kier molecular flexibility index (Phi) is 6.06. The van der Waals surface area contributed by atoms with Crippen LogP contribution < -0.4 is 10.2 Å². The number of hydrogen-bond acceptors (Lipinski definition) is 6. The summed E-state index contributed by atoms with van der Waals surface area (Å²) in [5, 5.41) is 4.76. The van der Waals surface area contributed by atoms with E-state index in [4.69, 9.17) is 4.98 Å². The summed E-state index contributed by atoms with van der Waals surface area (Å²) in [6.07, 6.45) is 5.63. The second kappa shape index (κ2) is 8.71. The Hall–Kier alpha value is -2.12. The lowest BCUT2D eigenvalue weighted by atomic mass is 10.0. The quantitative estimate of drug-likeness (QED) is 0.414. The van der Waals surface area contributed by atoms with Crippen LogP contribution in [0.4, 0.5) is 11.5 Å². The van der Waals surface area contributed by atoms with Crippen LogP contribution in [0.1, 0.15) is 54.3 Å². The van der Waals surface area contributed by atoms with E-state index in [0.29, 0.717) is 10.8 Å². The van der Waals surface area contributed by atoms with Crippen LogP contribution in [0.25, 0.3) is 10.2 Å². The van der Waals surface area contributed by atoms with Crippen molar-refractivity contribution in [3.8, 4) is 0 Å². The fraction of sp³-hybridized carbons (Fsp3) is 0.409. The van der Waals surface area contributed by atoms with Crippen molar-refractivity contribution in [2.45, 2.75) is 44.2 Å². The van der Waals surface area contributed by atoms with Gasteiger partial charge in [0, 0.05) is 18.8 Å². The predicted molar refractivity (Wildman–Crippen MR) is 124 cm³/mol. The van der Waals surface area contributed by atoms with Gasteiger partial charge in [-0.3, -0.25) is 4.79 Å². The molecular formula is C22H26N4OS2. The molecule has 4 rings (SSSR count). The fourth-order valence-electron chi connectivity index (χ4n) is 3.58. The minimum Gasteiger partial charge on any atom is -0.356 e. The number of carbonyl (C=O) groups is 1. The topological polar surface area (TPSA) is 58.1 Å². The largest absolute Gasteiger partial charge is 0.356 e. The number of thioether (sulfide) groups is 1. The van der Waals surface area contributed by atoms with E-state index in [1.165, 1.54) is 36.2 Å². The molecule has 1 amide bonds. The van der Waals surface area contributed by atoms with Gasteiger partial charge in [-0.1, -0.05) is 37.7 Å². The zero-order valence-electron chi connectivity index (χ0n) is 17.1. The lowest BCUT2D eigenvalue weighted by Crippen LogP contribution is -2.30. The highest BCUT2D eigenvalue weighted by Gasteiger charge is 2.21. The Balaban J connectivity index is 1.62. The minimum absolute atomic E-state index is 0.0967. The van der Waals surface area contributed by atoms with E-state index in [0.717, 1.165) is 40.0 Å².